The maximum Gasteiger partial charge on any atom is 0.191 e. The van der Waals surface area contributed by atoms with Crippen LogP contribution in [0.1, 0.15) is 24.2 Å². The van der Waals surface area contributed by atoms with Gasteiger partial charge in [0.2, 0.25) is 0 Å². The molecule has 3 N–H and O–H groups in total. The van der Waals surface area contributed by atoms with Crippen LogP contribution in [0.3, 0.4) is 0 Å². The van der Waals surface area contributed by atoms with Gasteiger partial charge >= 0.3 is 0 Å². The fourth-order valence-corrected chi connectivity index (χ4v) is 2.93. The van der Waals surface area contributed by atoms with E-state index in [1.807, 2.05) is 18.4 Å². The van der Waals surface area contributed by atoms with Gasteiger partial charge in [0.15, 0.2) is 17.5 Å². The van der Waals surface area contributed by atoms with Gasteiger partial charge in [-0.3, -0.25) is 0 Å². The van der Waals surface area contributed by atoms with E-state index >= 15 is 0 Å². The summed E-state index contributed by atoms with van der Waals surface area (Å²) in [7, 11) is 3.16. The highest BCUT2D eigenvalue weighted by atomic mass is 127. The number of aliphatic imine (C=N–C) groups is 1. The first-order valence-electron chi connectivity index (χ1n) is 8.11. The molecule has 2 aromatic rings. The summed E-state index contributed by atoms with van der Waals surface area (Å²) in [5, 5.41) is 20.9. The summed E-state index contributed by atoms with van der Waals surface area (Å²) in [4.78, 5) is 4.53. The number of benzene rings is 1. The normalized spacial score (nSPS) is 12.1. The van der Waals surface area contributed by atoms with Crippen LogP contribution in [0.25, 0.3) is 0 Å². The number of rotatable bonds is 8. The molecule has 0 radical (unpaired) electrons. The molecule has 8 heteroatoms. The van der Waals surface area contributed by atoms with Crippen LogP contribution in [0.15, 0.2) is 40.0 Å². The third-order valence-corrected chi connectivity index (χ3v) is 4.33. The SMILES string of the molecule is CCNC(=NCc1ccsc1)NCC(O)c1ccc(OC)c(OC)c1.I. The van der Waals surface area contributed by atoms with Crippen LogP contribution in [0, 0.1) is 0 Å². The summed E-state index contributed by atoms with van der Waals surface area (Å²) in [6, 6.07) is 7.44. The van der Waals surface area contributed by atoms with E-state index in [-0.39, 0.29) is 24.0 Å². The molecule has 1 aromatic heterocycles. The highest BCUT2D eigenvalue weighted by molar-refractivity contribution is 14.0. The zero-order valence-electron chi connectivity index (χ0n) is 15.2. The average Bonchev–Trinajstić information content (AvgIpc) is 3.16. The Hall–Kier alpha value is -1.52. The van der Waals surface area contributed by atoms with Crippen molar-refractivity contribution < 1.29 is 14.6 Å². The number of halogens is 1. The Morgan fingerprint density at radius 3 is 2.58 bits per heavy atom. The van der Waals surface area contributed by atoms with Gasteiger partial charge in [0, 0.05) is 13.1 Å². The lowest BCUT2D eigenvalue weighted by molar-refractivity contribution is 0.180. The van der Waals surface area contributed by atoms with E-state index in [9.17, 15) is 5.11 Å². The van der Waals surface area contributed by atoms with Crippen molar-refractivity contribution in [2.75, 3.05) is 27.3 Å². The molecule has 0 spiro atoms. The predicted octanol–water partition coefficient (Wildman–Crippen LogP) is 3.17. The largest absolute Gasteiger partial charge is 0.493 e. The molecule has 1 aromatic carbocycles. The van der Waals surface area contributed by atoms with Crippen molar-refractivity contribution in [3.63, 3.8) is 0 Å². The van der Waals surface area contributed by atoms with E-state index in [0.717, 1.165) is 12.1 Å². The molecule has 2 rings (SSSR count). The van der Waals surface area contributed by atoms with Gasteiger partial charge in [-0.1, -0.05) is 6.07 Å². The molecular weight excluding hydrogens is 465 g/mol. The van der Waals surface area contributed by atoms with Crippen molar-refractivity contribution in [1.82, 2.24) is 10.6 Å². The Labute approximate surface area is 175 Å². The lowest BCUT2D eigenvalue weighted by atomic mass is 10.1. The number of guanidine groups is 1. The van der Waals surface area contributed by atoms with Crippen molar-refractivity contribution in [2.24, 2.45) is 4.99 Å². The quantitative estimate of drug-likeness (QED) is 0.301. The number of ether oxygens (including phenoxy) is 2. The average molecular weight is 491 g/mol. The Balaban J connectivity index is 0.00000338. The Bertz CT molecular complexity index is 680. The smallest absolute Gasteiger partial charge is 0.191 e. The van der Waals surface area contributed by atoms with Crippen molar-refractivity contribution in [3.05, 3.63) is 46.2 Å². The first-order chi connectivity index (χ1) is 12.2. The lowest BCUT2D eigenvalue weighted by Crippen LogP contribution is -2.39. The molecule has 0 bridgehead atoms. The number of hydrogen-bond acceptors (Lipinski definition) is 5. The number of hydrogen-bond donors (Lipinski definition) is 3. The second-order valence-electron chi connectivity index (χ2n) is 5.34. The third-order valence-electron chi connectivity index (χ3n) is 3.60. The summed E-state index contributed by atoms with van der Waals surface area (Å²) in [5.74, 6) is 1.90. The predicted molar refractivity (Wildman–Crippen MR) is 117 cm³/mol. The molecule has 0 amide bonds. The molecular formula is C18H26IN3O3S. The van der Waals surface area contributed by atoms with Crippen LogP contribution >= 0.6 is 35.3 Å². The van der Waals surface area contributed by atoms with Crippen LogP contribution in [-0.4, -0.2) is 38.4 Å². The van der Waals surface area contributed by atoms with Gasteiger partial charge in [0.25, 0.3) is 0 Å². The second kappa shape index (κ2) is 12.0. The molecule has 26 heavy (non-hydrogen) atoms. The minimum Gasteiger partial charge on any atom is -0.493 e. The van der Waals surface area contributed by atoms with Gasteiger partial charge in [-0.2, -0.15) is 11.3 Å². The van der Waals surface area contributed by atoms with Crippen LogP contribution in [0.4, 0.5) is 0 Å². The van der Waals surface area contributed by atoms with Crippen molar-refractivity contribution >= 4 is 41.3 Å². The van der Waals surface area contributed by atoms with Crippen LogP contribution in [0.5, 0.6) is 11.5 Å². The lowest BCUT2D eigenvalue weighted by Gasteiger charge is -2.17. The molecule has 1 atom stereocenters. The zero-order valence-corrected chi connectivity index (χ0v) is 18.3. The second-order valence-corrected chi connectivity index (χ2v) is 6.12. The van der Waals surface area contributed by atoms with E-state index in [1.165, 1.54) is 5.56 Å². The van der Waals surface area contributed by atoms with Crippen LogP contribution < -0.4 is 20.1 Å². The van der Waals surface area contributed by atoms with Gasteiger partial charge in [-0.15, -0.1) is 24.0 Å². The maximum atomic E-state index is 10.4. The number of aliphatic hydroxyl groups excluding tert-OH is 1. The summed E-state index contributed by atoms with van der Waals surface area (Å²) < 4.78 is 10.5. The van der Waals surface area contributed by atoms with E-state index < -0.39 is 6.10 Å². The van der Waals surface area contributed by atoms with Gasteiger partial charge in [-0.25, -0.2) is 4.99 Å². The number of nitrogens with one attached hydrogen (secondary N) is 2. The highest BCUT2D eigenvalue weighted by Gasteiger charge is 2.12. The Morgan fingerprint density at radius 2 is 1.96 bits per heavy atom. The van der Waals surface area contributed by atoms with Gasteiger partial charge < -0.3 is 25.2 Å². The first kappa shape index (κ1) is 22.5. The van der Waals surface area contributed by atoms with Gasteiger partial charge in [0.1, 0.15) is 0 Å². The summed E-state index contributed by atoms with van der Waals surface area (Å²) in [5.41, 5.74) is 1.92. The number of methoxy groups -OCH3 is 2. The molecule has 6 nitrogen and oxygen atoms in total. The zero-order chi connectivity index (χ0) is 18.1. The van der Waals surface area contributed by atoms with E-state index in [0.29, 0.717) is 30.5 Å². The first-order valence-corrected chi connectivity index (χ1v) is 9.05. The molecule has 0 saturated carbocycles. The molecule has 0 fully saturated rings. The van der Waals surface area contributed by atoms with Crippen LogP contribution in [0.2, 0.25) is 0 Å². The fraction of sp³-hybridized carbons (Fsp3) is 0.389. The molecule has 1 unspecified atom stereocenters. The van der Waals surface area contributed by atoms with Gasteiger partial charge in [0.05, 0.1) is 26.9 Å². The molecule has 1 heterocycles. The van der Waals surface area contributed by atoms with E-state index in [2.05, 4.69) is 27.1 Å². The van der Waals surface area contributed by atoms with E-state index in [4.69, 9.17) is 9.47 Å². The monoisotopic (exact) mass is 491 g/mol. The summed E-state index contributed by atoms with van der Waals surface area (Å²) in [6.45, 7) is 3.70. The Kier molecular flexibility index (Phi) is 10.4. The van der Waals surface area contributed by atoms with Crippen molar-refractivity contribution in [3.8, 4) is 11.5 Å². The standard InChI is InChI=1S/C18H25N3O3S.HI/c1-4-19-18(20-10-13-7-8-25-12-13)21-11-15(22)14-5-6-16(23-2)17(9-14)24-3;/h5-9,12,15,22H,4,10-11H2,1-3H3,(H2,19,20,21);1H. The van der Waals surface area contributed by atoms with Crippen molar-refractivity contribution in [1.29, 1.82) is 0 Å². The van der Waals surface area contributed by atoms with E-state index in [1.54, 1.807) is 37.7 Å². The maximum absolute atomic E-state index is 10.4. The number of nitrogens with zero attached hydrogens (tertiary/aromatic N) is 1. The molecule has 0 aliphatic heterocycles. The molecule has 0 aliphatic carbocycles. The molecule has 0 aliphatic rings. The summed E-state index contributed by atoms with van der Waals surface area (Å²) in [6.07, 6.45) is -0.690. The number of thiophene rings is 1. The van der Waals surface area contributed by atoms with Crippen molar-refractivity contribution in [2.45, 2.75) is 19.6 Å². The summed E-state index contributed by atoms with van der Waals surface area (Å²) >= 11 is 1.65. The molecule has 144 valence electrons. The van der Waals surface area contributed by atoms with Crippen LogP contribution in [-0.2, 0) is 6.54 Å². The highest BCUT2D eigenvalue weighted by Crippen LogP contribution is 2.29. The Morgan fingerprint density at radius 1 is 1.19 bits per heavy atom. The number of aliphatic hydroxyl groups is 1. The third kappa shape index (κ3) is 6.65. The minimum absolute atomic E-state index is 0. The topological polar surface area (TPSA) is 75.1 Å². The molecule has 0 saturated heterocycles. The van der Waals surface area contributed by atoms with Gasteiger partial charge in [-0.05, 0) is 47.0 Å². The minimum atomic E-state index is -0.690. The fourth-order valence-electron chi connectivity index (χ4n) is 2.27.